The molecule has 0 radical (unpaired) electrons. The first kappa shape index (κ1) is 34.8. The number of nitrogens with zero attached hydrogens (tertiary/aromatic N) is 2. The van der Waals surface area contributed by atoms with E-state index in [1.54, 1.807) is 11.1 Å². The molecule has 0 amide bonds. The van der Waals surface area contributed by atoms with Crippen molar-refractivity contribution in [3.8, 4) is 0 Å². The van der Waals surface area contributed by atoms with E-state index in [2.05, 4.69) is 115 Å². The van der Waals surface area contributed by atoms with E-state index < -0.39 is 0 Å². The Morgan fingerprint density at radius 1 is 1.06 bits per heavy atom. The summed E-state index contributed by atoms with van der Waals surface area (Å²) in [5.41, 5.74) is 7.69. The van der Waals surface area contributed by atoms with E-state index in [0.29, 0.717) is 45.3 Å². The maximum Gasteiger partial charge on any atom is 0.0989 e. The number of hydrogen-bond donors (Lipinski definition) is 0. The van der Waals surface area contributed by atoms with Gasteiger partial charge in [0.15, 0.2) is 0 Å². The molecule has 5 aliphatic carbocycles. The van der Waals surface area contributed by atoms with Gasteiger partial charge in [0.05, 0.1) is 6.33 Å². The lowest BCUT2D eigenvalue weighted by atomic mass is 9.43. The van der Waals surface area contributed by atoms with Crippen molar-refractivity contribution >= 4 is 5.70 Å². The highest BCUT2D eigenvalue weighted by molar-refractivity contribution is 5.44. The molecule has 12 atom stereocenters. The van der Waals surface area contributed by atoms with Gasteiger partial charge in [-0.25, -0.2) is 4.98 Å². The standard InChI is InChI=1S/C45H68N2/c1-12-30(6)31(7)37(15-4)38(16-5)33(9)41-35(17-18-36(14-3)47-26-25-46-29-47)27-43(11)40-20-19-39-32(8)34(13-2)21-22-44(39)28-45(40,44)24-23-42(41,43)10/h13-15,21-22,25-26,29-30,32-33,35,38-41H,7,12,16-20,23-24,27-28H2,1-6,8-11H3/t30-,32+,33+,35-,38+,39?,40?,41-,42+,43-,44+,45-/m0/s1. The summed E-state index contributed by atoms with van der Waals surface area (Å²) in [7, 11) is 0. The fraction of sp³-hybridized carbons (Fsp3) is 0.711. The zero-order valence-electron chi connectivity index (χ0n) is 31.9. The lowest BCUT2D eigenvalue weighted by molar-refractivity contribution is -0.122. The zero-order valence-corrected chi connectivity index (χ0v) is 31.9. The van der Waals surface area contributed by atoms with Crippen molar-refractivity contribution in [1.29, 1.82) is 0 Å². The van der Waals surface area contributed by atoms with Crippen LogP contribution in [0.15, 0.2) is 72.4 Å². The van der Waals surface area contributed by atoms with Crippen LogP contribution < -0.4 is 0 Å². The average molecular weight is 637 g/mol. The molecule has 1 aromatic heterocycles. The molecule has 4 saturated carbocycles. The summed E-state index contributed by atoms with van der Waals surface area (Å²) in [6.45, 7) is 29.5. The predicted octanol–water partition coefficient (Wildman–Crippen LogP) is 12.7. The molecule has 1 aromatic rings. The number of rotatable bonds is 11. The van der Waals surface area contributed by atoms with Crippen LogP contribution >= 0.6 is 0 Å². The SMILES string of the molecule is C=C(C(=CC)[C@H](CC)[C@@H](C)[C@H]1[C@@H](CCC(=CC)n2ccnc2)C[C@@]2(C)C3CCC4[C@H](C)C(=CC)C=C[C@@]45C[C@@]35CC[C@]12C)[C@@H](C)CC. The maximum absolute atomic E-state index is 4.73. The third-order valence-corrected chi connectivity index (χ3v) is 16.5. The molecule has 0 aliphatic heterocycles. The first-order valence-corrected chi connectivity index (χ1v) is 19.8. The Bertz CT molecular complexity index is 1440. The predicted molar refractivity (Wildman–Crippen MR) is 202 cm³/mol. The Hall–Kier alpha value is -2.09. The van der Waals surface area contributed by atoms with Gasteiger partial charge in [0.25, 0.3) is 0 Å². The number of aromatic nitrogens is 2. The van der Waals surface area contributed by atoms with E-state index in [-0.39, 0.29) is 0 Å². The number of allylic oxidation sites excluding steroid dienone is 9. The largest absolute Gasteiger partial charge is 0.310 e. The second kappa shape index (κ2) is 12.7. The van der Waals surface area contributed by atoms with Crippen LogP contribution in [0.25, 0.3) is 5.70 Å². The van der Waals surface area contributed by atoms with Crippen LogP contribution in [-0.4, -0.2) is 9.55 Å². The van der Waals surface area contributed by atoms with Gasteiger partial charge in [-0.15, -0.1) is 0 Å². The first-order chi connectivity index (χ1) is 22.4. The summed E-state index contributed by atoms with van der Waals surface area (Å²) in [6, 6.07) is 0. The highest BCUT2D eigenvalue weighted by atomic mass is 15.0. The quantitative estimate of drug-likeness (QED) is 0.221. The second-order valence-electron chi connectivity index (χ2n) is 17.6. The van der Waals surface area contributed by atoms with Gasteiger partial charge in [-0.1, -0.05) is 85.4 Å². The van der Waals surface area contributed by atoms with Crippen molar-refractivity contribution in [3.05, 3.63) is 72.4 Å². The topological polar surface area (TPSA) is 17.8 Å². The Kier molecular flexibility index (Phi) is 9.36. The van der Waals surface area contributed by atoms with E-state index in [4.69, 9.17) is 6.58 Å². The van der Waals surface area contributed by atoms with Crippen molar-refractivity contribution in [3.63, 3.8) is 0 Å². The summed E-state index contributed by atoms with van der Waals surface area (Å²) >= 11 is 0. The van der Waals surface area contributed by atoms with Gasteiger partial charge in [0.1, 0.15) is 0 Å². The van der Waals surface area contributed by atoms with Gasteiger partial charge in [-0.3, -0.25) is 0 Å². The Balaban J connectivity index is 1.38. The van der Waals surface area contributed by atoms with Crippen molar-refractivity contribution in [2.24, 2.45) is 69.0 Å². The third kappa shape index (κ3) is 4.94. The molecule has 5 aliphatic rings. The van der Waals surface area contributed by atoms with Gasteiger partial charge in [-0.2, -0.15) is 0 Å². The van der Waals surface area contributed by atoms with Crippen LogP contribution in [-0.2, 0) is 0 Å². The van der Waals surface area contributed by atoms with Gasteiger partial charge >= 0.3 is 0 Å². The zero-order chi connectivity index (χ0) is 33.9. The molecule has 2 spiro atoms. The van der Waals surface area contributed by atoms with Crippen LogP contribution in [0.3, 0.4) is 0 Å². The molecule has 6 rings (SSSR count). The highest BCUT2D eigenvalue weighted by Crippen LogP contribution is 2.88. The van der Waals surface area contributed by atoms with Gasteiger partial charge in [-0.05, 0) is 171 Å². The molecule has 1 heterocycles. The normalized spacial score (nSPS) is 42.3. The second-order valence-corrected chi connectivity index (χ2v) is 17.6. The summed E-state index contributed by atoms with van der Waals surface area (Å²) in [5, 5.41) is 0. The molecule has 0 N–H and O–H groups in total. The van der Waals surface area contributed by atoms with Gasteiger partial charge in [0, 0.05) is 18.1 Å². The minimum atomic E-state index is 0.358. The molecule has 0 saturated heterocycles. The van der Waals surface area contributed by atoms with Crippen molar-refractivity contribution in [1.82, 2.24) is 9.55 Å². The molecular weight excluding hydrogens is 569 g/mol. The average Bonchev–Trinajstić information content (AvgIpc) is 3.30. The molecule has 4 fully saturated rings. The van der Waals surface area contributed by atoms with Crippen LogP contribution in [0.5, 0.6) is 0 Å². The lowest BCUT2D eigenvalue weighted by Crippen LogP contribution is -2.55. The highest BCUT2D eigenvalue weighted by Gasteiger charge is 2.81. The fourth-order valence-electron chi connectivity index (χ4n) is 13.8. The van der Waals surface area contributed by atoms with Crippen LogP contribution in [0, 0.1) is 69.0 Å². The summed E-state index contributed by atoms with van der Waals surface area (Å²) < 4.78 is 2.26. The van der Waals surface area contributed by atoms with E-state index in [1.165, 1.54) is 62.6 Å². The number of fused-ring (bicyclic) bond motifs is 2. The fourth-order valence-corrected chi connectivity index (χ4v) is 13.8. The molecule has 2 heteroatoms. The number of imidazole rings is 1. The Morgan fingerprint density at radius 3 is 2.45 bits per heavy atom. The minimum absolute atomic E-state index is 0.358. The van der Waals surface area contributed by atoms with Gasteiger partial charge < -0.3 is 4.57 Å². The Labute approximate surface area is 289 Å². The van der Waals surface area contributed by atoms with E-state index in [0.717, 1.165) is 36.5 Å². The van der Waals surface area contributed by atoms with Crippen LogP contribution in [0.2, 0.25) is 0 Å². The Morgan fingerprint density at radius 2 is 1.83 bits per heavy atom. The molecule has 2 unspecified atom stereocenters. The smallest absolute Gasteiger partial charge is 0.0989 e. The molecule has 2 nitrogen and oxygen atoms in total. The molecule has 0 aromatic carbocycles. The lowest BCUT2D eigenvalue weighted by Gasteiger charge is -2.61. The minimum Gasteiger partial charge on any atom is -0.310 e. The van der Waals surface area contributed by atoms with Gasteiger partial charge in [0.2, 0.25) is 0 Å². The third-order valence-electron chi connectivity index (χ3n) is 16.5. The van der Waals surface area contributed by atoms with Crippen molar-refractivity contribution < 1.29 is 0 Å². The summed E-state index contributed by atoms with van der Waals surface area (Å²) in [6.07, 6.45) is 31.9. The van der Waals surface area contributed by atoms with E-state index >= 15 is 0 Å². The molecule has 47 heavy (non-hydrogen) atoms. The van der Waals surface area contributed by atoms with E-state index in [9.17, 15) is 0 Å². The summed E-state index contributed by atoms with van der Waals surface area (Å²) in [5.74, 6) is 5.61. The van der Waals surface area contributed by atoms with E-state index in [1.807, 2.05) is 12.5 Å². The monoisotopic (exact) mass is 637 g/mol. The van der Waals surface area contributed by atoms with Crippen LogP contribution in [0.4, 0.5) is 0 Å². The van der Waals surface area contributed by atoms with Crippen LogP contribution in [0.1, 0.15) is 133 Å². The maximum atomic E-state index is 4.73. The molecular formula is C45H68N2. The first-order valence-electron chi connectivity index (χ1n) is 19.8. The molecule has 258 valence electrons. The van der Waals surface area contributed by atoms with Crippen molar-refractivity contribution in [2.45, 2.75) is 133 Å². The van der Waals surface area contributed by atoms with Crippen molar-refractivity contribution in [2.75, 3.05) is 0 Å². The number of hydrogen-bond acceptors (Lipinski definition) is 1. The molecule has 0 bridgehead atoms. The summed E-state index contributed by atoms with van der Waals surface area (Å²) in [4.78, 5) is 4.40.